The molecule has 0 atom stereocenters. The highest BCUT2D eigenvalue weighted by atomic mass is 16.5. The summed E-state index contributed by atoms with van der Waals surface area (Å²) in [6, 6.07) is 0. The molecule has 16 heavy (non-hydrogen) atoms. The van der Waals surface area contributed by atoms with Crippen molar-refractivity contribution < 1.29 is 14.6 Å². The van der Waals surface area contributed by atoms with Crippen molar-refractivity contribution in [2.45, 2.75) is 0 Å². The summed E-state index contributed by atoms with van der Waals surface area (Å²) in [5.41, 5.74) is 0.127. The lowest BCUT2D eigenvalue weighted by molar-refractivity contribution is 0.0593. The van der Waals surface area contributed by atoms with Gasteiger partial charge in [0, 0.05) is 0 Å². The topological polar surface area (TPSA) is 84.3 Å². The quantitative estimate of drug-likeness (QED) is 0.537. The molecule has 84 valence electrons. The number of hydrogen-bond donors (Lipinski definition) is 2. The minimum absolute atomic E-state index is 0.127. The molecule has 0 radical (unpaired) electrons. The molecular weight excluding hydrogens is 210 g/mol. The first-order chi connectivity index (χ1) is 7.77. The fraction of sp³-hybridized carbons (Fsp3) is 0.300. The van der Waals surface area contributed by atoms with Crippen LogP contribution >= 0.6 is 0 Å². The Morgan fingerprint density at radius 3 is 3.06 bits per heavy atom. The fourth-order valence-electron chi connectivity index (χ4n) is 0.907. The van der Waals surface area contributed by atoms with Gasteiger partial charge in [0.05, 0.1) is 26.0 Å². The van der Waals surface area contributed by atoms with Crippen molar-refractivity contribution in [3.8, 4) is 11.8 Å². The lowest BCUT2D eigenvalue weighted by Gasteiger charge is -2.02. The third kappa shape index (κ3) is 3.55. The number of esters is 1. The highest BCUT2D eigenvalue weighted by Gasteiger charge is 2.07. The normalized spacial score (nSPS) is 8.88. The molecule has 0 unspecified atom stereocenters. The second-order valence-electron chi connectivity index (χ2n) is 2.65. The van der Waals surface area contributed by atoms with E-state index in [0.29, 0.717) is 12.4 Å². The second-order valence-corrected chi connectivity index (χ2v) is 2.65. The lowest BCUT2D eigenvalue weighted by Crippen LogP contribution is -2.08. The molecule has 1 heterocycles. The molecular formula is C10H11N3O3. The molecule has 1 rings (SSSR count). The highest BCUT2D eigenvalue weighted by molar-refractivity contribution is 5.87. The first-order valence-corrected chi connectivity index (χ1v) is 4.48. The van der Waals surface area contributed by atoms with Gasteiger partial charge in [0.1, 0.15) is 12.4 Å². The van der Waals surface area contributed by atoms with Crippen LogP contribution in [0.25, 0.3) is 0 Å². The Labute approximate surface area is 92.7 Å². The van der Waals surface area contributed by atoms with Crippen LogP contribution in [0.2, 0.25) is 0 Å². The van der Waals surface area contributed by atoms with Crippen LogP contribution in [-0.2, 0) is 4.74 Å². The van der Waals surface area contributed by atoms with Crippen molar-refractivity contribution in [2.24, 2.45) is 0 Å². The third-order valence-corrected chi connectivity index (χ3v) is 1.59. The van der Waals surface area contributed by atoms with E-state index in [1.807, 2.05) is 0 Å². The minimum atomic E-state index is -0.544. The van der Waals surface area contributed by atoms with E-state index in [-0.39, 0.29) is 12.3 Å². The minimum Gasteiger partial charge on any atom is -0.464 e. The number of rotatable bonds is 3. The molecule has 0 bridgehead atoms. The predicted octanol–water partition coefficient (Wildman–Crippen LogP) is -0.329. The molecule has 2 N–H and O–H groups in total. The van der Waals surface area contributed by atoms with Crippen LogP contribution in [0.5, 0.6) is 0 Å². The number of anilines is 1. The van der Waals surface area contributed by atoms with E-state index in [9.17, 15) is 4.79 Å². The average molecular weight is 221 g/mol. The van der Waals surface area contributed by atoms with Crippen molar-refractivity contribution in [3.63, 3.8) is 0 Å². The summed E-state index contributed by atoms with van der Waals surface area (Å²) < 4.78 is 4.50. The van der Waals surface area contributed by atoms with E-state index in [4.69, 9.17) is 5.11 Å². The van der Waals surface area contributed by atoms with Crippen LogP contribution in [0.1, 0.15) is 10.5 Å². The predicted molar refractivity (Wildman–Crippen MR) is 56.7 cm³/mol. The smallest absolute Gasteiger partial charge is 0.358 e. The summed E-state index contributed by atoms with van der Waals surface area (Å²) in [7, 11) is 1.27. The van der Waals surface area contributed by atoms with Crippen molar-refractivity contribution in [1.29, 1.82) is 0 Å². The van der Waals surface area contributed by atoms with E-state index < -0.39 is 5.97 Å². The Hall–Kier alpha value is -2.13. The molecule has 0 spiro atoms. The van der Waals surface area contributed by atoms with E-state index in [0.717, 1.165) is 0 Å². The average Bonchev–Trinajstić information content (AvgIpc) is 2.34. The van der Waals surface area contributed by atoms with Gasteiger partial charge in [0.15, 0.2) is 5.69 Å². The number of aromatic nitrogens is 2. The maximum absolute atomic E-state index is 11.1. The maximum atomic E-state index is 11.1. The van der Waals surface area contributed by atoms with Crippen LogP contribution in [-0.4, -0.2) is 41.3 Å². The van der Waals surface area contributed by atoms with Gasteiger partial charge in [0.2, 0.25) is 0 Å². The number of carbonyl (C=O) groups is 1. The number of hydrogen-bond acceptors (Lipinski definition) is 6. The third-order valence-electron chi connectivity index (χ3n) is 1.59. The Morgan fingerprint density at radius 2 is 2.38 bits per heavy atom. The summed E-state index contributed by atoms with van der Waals surface area (Å²) in [6.45, 7) is 0.134. The monoisotopic (exact) mass is 221 g/mol. The molecule has 1 aromatic heterocycles. The highest BCUT2D eigenvalue weighted by Crippen LogP contribution is 2.02. The first kappa shape index (κ1) is 11.9. The van der Waals surface area contributed by atoms with Crippen molar-refractivity contribution >= 4 is 11.8 Å². The number of methoxy groups -OCH3 is 1. The number of nitrogens with one attached hydrogen (secondary N) is 1. The van der Waals surface area contributed by atoms with Crippen LogP contribution in [0.4, 0.5) is 5.82 Å². The lowest BCUT2D eigenvalue weighted by atomic mass is 10.4. The van der Waals surface area contributed by atoms with Crippen LogP contribution in [0.15, 0.2) is 12.4 Å². The number of nitrogens with zero attached hydrogens (tertiary/aromatic N) is 2. The first-order valence-electron chi connectivity index (χ1n) is 4.48. The summed E-state index contributed by atoms with van der Waals surface area (Å²) in [5.74, 6) is 5.00. The van der Waals surface area contributed by atoms with Gasteiger partial charge >= 0.3 is 5.97 Å². The van der Waals surface area contributed by atoms with Gasteiger partial charge in [-0.2, -0.15) is 0 Å². The largest absolute Gasteiger partial charge is 0.464 e. The molecule has 1 aromatic rings. The molecule has 0 aromatic carbocycles. The molecule has 0 aliphatic rings. The Balaban J connectivity index is 2.64. The maximum Gasteiger partial charge on any atom is 0.358 e. The van der Waals surface area contributed by atoms with Crippen molar-refractivity contribution in [1.82, 2.24) is 9.97 Å². The summed E-state index contributed by atoms with van der Waals surface area (Å²) in [4.78, 5) is 18.9. The number of carbonyl (C=O) groups excluding carboxylic acids is 1. The van der Waals surface area contributed by atoms with Crippen molar-refractivity contribution in [3.05, 3.63) is 18.1 Å². The van der Waals surface area contributed by atoms with Gasteiger partial charge in [-0.05, 0) is 0 Å². The Bertz CT molecular complexity index is 423. The number of ether oxygens (including phenoxy) is 1. The van der Waals surface area contributed by atoms with E-state index in [1.54, 1.807) is 0 Å². The molecule has 0 aliphatic carbocycles. The van der Waals surface area contributed by atoms with Crippen molar-refractivity contribution in [2.75, 3.05) is 25.6 Å². The molecule has 0 aliphatic heterocycles. The van der Waals surface area contributed by atoms with E-state index in [1.165, 1.54) is 19.5 Å². The standard InChI is InChI=1S/C10H11N3O3/c1-16-10(15)8-6-11-7-9(13-8)12-4-2-3-5-14/h6-7,14H,4-5H2,1H3,(H,12,13). The van der Waals surface area contributed by atoms with Gasteiger partial charge in [-0.15, -0.1) is 0 Å². The number of aliphatic hydroxyl groups excluding tert-OH is 1. The molecule has 6 nitrogen and oxygen atoms in total. The van der Waals surface area contributed by atoms with Gasteiger partial charge in [0.25, 0.3) is 0 Å². The molecule has 0 saturated carbocycles. The van der Waals surface area contributed by atoms with E-state index >= 15 is 0 Å². The Morgan fingerprint density at radius 1 is 1.56 bits per heavy atom. The van der Waals surface area contributed by atoms with Gasteiger partial charge < -0.3 is 15.2 Å². The molecule has 6 heteroatoms. The van der Waals surface area contributed by atoms with E-state index in [2.05, 4.69) is 31.9 Å². The van der Waals surface area contributed by atoms with Crippen LogP contribution < -0.4 is 5.32 Å². The number of aliphatic hydroxyl groups is 1. The second kappa shape index (κ2) is 6.37. The zero-order chi connectivity index (χ0) is 11.8. The summed E-state index contributed by atoms with van der Waals surface area (Å²) in [5, 5.41) is 11.3. The molecule has 0 saturated heterocycles. The zero-order valence-corrected chi connectivity index (χ0v) is 8.73. The van der Waals surface area contributed by atoms with Gasteiger partial charge in [-0.25, -0.2) is 9.78 Å². The Kier molecular flexibility index (Phi) is 4.76. The summed E-state index contributed by atoms with van der Waals surface area (Å²) >= 11 is 0. The van der Waals surface area contributed by atoms with Crippen LogP contribution in [0, 0.1) is 11.8 Å². The molecule has 0 fully saturated rings. The van der Waals surface area contributed by atoms with Gasteiger partial charge in [-0.3, -0.25) is 4.98 Å². The van der Waals surface area contributed by atoms with Crippen LogP contribution in [0.3, 0.4) is 0 Å². The van der Waals surface area contributed by atoms with Gasteiger partial charge in [-0.1, -0.05) is 11.8 Å². The fourth-order valence-corrected chi connectivity index (χ4v) is 0.907. The molecule has 0 amide bonds. The zero-order valence-electron chi connectivity index (χ0n) is 8.73. The summed E-state index contributed by atoms with van der Waals surface area (Å²) in [6.07, 6.45) is 2.78. The SMILES string of the molecule is COC(=O)c1cncc(NCC#CCO)n1.